The first kappa shape index (κ1) is 22.0. The minimum absolute atomic E-state index is 0.0142. The first-order chi connectivity index (χ1) is 16.7. The third kappa shape index (κ3) is 4.48. The van der Waals surface area contributed by atoms with Crippen molar-refractivity contribution >= 4 is 16.7 Å². The van der Waals surface area contributed by atoms with Crippen LogP contribution >= 0.6 is 0 Å². The number of benzene rings is 3. The largest absolute Gasteiger partial charge is 0.379 e. The molecular weight excluding hydrogens is 428 g/mol. The molecule has 172 valence electrons. The van der Waals surface area contributed by atoms with Gasteiger partial charge in [0, 0.05) is 25.0 Å². The van der Waals surface area contributed by atoms with E-state index in [-0.39, 0.29) is 23.2 Å². The molecule has 0 radical (unpaired) electrons. The maximum atomic E-state index is 13.4. The number of fused-ring (bicyclic) bond motifs is 1. The van der Waals surface area contributed by atoms with Gasteiger partial charge in [0.25, 0.3) is 11.5 Å². The number of para-hydroxylation sites is 1. The minimum Gasteiger partial charge on any atom is -0.379 e. The Morgan fingerprint density at radius 1 is 0.882 bits per heavy atom. The molecule has 0 bridgehead atoms. The molecule has 5 rings (SSSR count). The summed E-state index contributed by atoms with van der Waals surface area (Å²) in [5, 5.41) is 8.58. The zero-order chi connectivity index (χ0) is 23.3. The van der Waals surface area contributed by atoms with E-state index in [9.17, 15) is 9.59 Å². The topological polar surface area (TPSA) is 76.5 Å². The van der Waals surface area contributed by atoms with Gasteiger partial charge in [-0.2, -0.15) is 9.78 Å². The SMILES string of the molecule is O=C(NC[C@@H](c1ccccc1)N1CCOCC1)c1nn(-c2ccccc2)c(=O)c2ccccc12. The molecule has 0 unspecified atom stereocenters. The molecule has 3 aromatic carbocycles. The predicted octanol–water partition coefficient (Wildman–Crippen LogP) is 3.19. The number of hydrogen-bond acceptors (Lipinski definition) is 5. The lowest BCUT2D eigenvalue weighted by Crippen LogP contribution is -2.44. The highest BCUT2D eigenvalue weighted by Crippen LogP contribution is 2.22. The Hall–Kier alpha value is -3.81. The van der Waals surface area contributed by atoms with Crippen molar-refractivity contribution in [3.8, 4) is 5.69 Å². The van der Waals surface area contributed by atoms with Gasteiger partial charge in [0.05, 0.1) is 30.3 Å². The highest BCUT2D eigenvalue weighted by Gasteiger charge is 2.24. The molecule has 1 atom stereocenters. The van der Waals surface area contributed by atoms with Crippen molar-refractivity contribution in [2.75, 3.05) is 32.8 Å². The van der Waals surface area contributed by atoms with Crippen LogP contribution in [0.25, 0.3) is 16.5 Å². The molecule has 1 fully saturated rings. The Balaban J connectivity index is 1.48. The van der Waals surface area contributed by atoms with Gasteiger partial charge in [-0.3, -0.25) is 14.5 Å². The van der Waals surface area contributed by atoms with Crippen LogP contribution in [0.1, 0.15) is 22.1 Å². The van der Waals surface area contributed by atoms with Gasteiger partial charge >= 0.3 is 0 Å². The molecule has 4 aromatic rings. The maximum Gasteiger partial charge on any atom is 0.279 e. The normalized spacial score (nSPS) is 15.2. The molecule has 7 nitrogen and oxygen atoms in total. The fourth-order valence-corrected chi connectivity index (χ4v) is 4.40. The van der Waals surface area contributed by atoms with E-state index in [0.717, 1.165) is 18.7 Å². The monoisotopic (exact) mass is 454 g/mol. The lowest BCUT2D eigenvalue weighted by Gasteiger charge is -2.34. The summed E-state index contributed by atoms with van der Waals surface area (Å²) in [4.78, 5) is 28.9. The van der Waals surface area contributed by atoms with Crippen LogP contribution in [0.2, 0.25) is 0 Å². The van der Waals surface area contributed by atoms with E-state index >= 15 is 0 Å². The minimum atomic E-state index is -0.310. The number of nitrogens with one attached hydrogen (secondary N) is 1. The third-order valence-electron chi connectivity index (χ3n) is 6.15. The summed E-state index contributed by atoms with van der Waals surface area (Å²) in [6.07, 6.45) is 0. The first-order valence-corrected chi connectivity index (χ1v) is 11.4. The van der Waals surface area contributed by atoms with E-state index < -0.39 is 0 Å². The second-order valence-corrected chi connectivity index (χ2v) is 8.23. The van der Waals surface area contributed by atoms with Gasteiger partial charge in [-0.1, -0.05) is 66.7 Å². The number of nitrogens with zero attached hydrogens (tertiary/aromatic N) is 3. The highest BCUT2D eigenvalue weighted by atomic mass is 16.5. The summed E-state index contributed by atoms with van der Waals surface area (Å²) in [6, 6.07) is 26.4. The Morgan fingerprint density at radius 3 is 2.21 bits per heavy atom. The van der Waals surface area contributed by atoms with Crippen molar-refractivity contribution in [1.82, 2.24) is 20.0 Å². The smallest absolute Gasteiger partial charge is 0.279 e. The standard InChI is InChI=1S/C27H26N4O3/c32-26(28-19-24(20-9-3-1-4-10-20)30-15-17-34-18-16-30)25-22-13-7-8-14-23(22)27(33)31(29-25)21-11-5-2-6-12-21/h1-14,24H,15-19H2,(H,28,32)/t24-/m0/s1. The number of carbonyl (C=O) groups excluding carboxylic acids is 1. The molecule has 2 heterocycles. The molecule has 0 aliphatic carbocycles. The van der Waals surface area contributed by atoms with Gasteiger partial charge in [-0.25, -0.2) is 0 Å². The Bertz CT molecular complexity index is 1330. The molecule has 0 spiro atoms. The van der Waals surface area contributed by atoms with Crippen LogP contribution in [-0.2, 0) is 4.74 Å². The number of hydrogen-bond donors (Lipinski definition) is 1. The maximum absolute atomic E-state index is 13.4. The second kappa shape index (κ2) is 9.99. The van der Waals surface area contributed by atoms with Crippen LogP contribution in [-0.4, -0.2) is 53.4 Å². The van der Waals surface area contributed by atoms with E-state index in [1.807, 2.05) is 42.5 Å². The van der Waals surface area contributed by atoms with E-state index in [1.165, 1.54) is 4.68 Å². The van der Waals surface area contributed by atoms with Crippen LogP contribution in [0.4, 0.5) is 0 Å². The number of ether oxygens (including phenoxy) is 1. The van der Waals surface area contributed by atoms with Gasteiger partial charge in [-0.15, -0.1) is 0 Å². The molecule has 0 saturated carbocycles. The molecule has 7 heteroatoms. The Labute approximate surface area is 197 Å². The highest BCUT2D eigenvalue weighted by molar-refractivity contribution is 6.04. The van der Waals surface area contributed by atoms with E-state index in [0.29, 0.717) is 36.2 Å². The molecule has 1 aromatic heterocycles. The summed E-state index contributed by atoms with van der Waals surface area (Å²) in [6.45, 7) is 3.37. The van der Waals surface area contributed by atoms with Crippen LogP contribution in [0.3, 0.4) is 0 Å². The van der Waals surface area contributed by atoms with Gasteiger partial charge < -0.3 is 10.1 Å². The van der Waals surface area contributed by atoms with E-state index in [2.05, 4.69) is 27.4 Å². The zero-order valence-electron chi connectivity index (χ0n) is 18.8. The molecule has 1 aliphatic rings. The summed E-state index contributed by atoms with van der Waals surface area (Å²) < 4.78 is 6.82. The third-order valence-corrected chi connectivity index (χ3v) is 6.15. The average molecular weight is 455 g/mol. The summed E-state index contributed by atoms with van der Waals surface area (Å²) in [5.41, 5.74) is 1.72. The molecule has 1 N–H and O–H groups in total. The van der Waals surface area contributed by atoms with Gasteiger partial charge in [-0.05, 0) is 23.8 Å². The van der Waals surface area contributed by atoms with Crippen molar-refractivity contribution in [1.29, 1.82) is 0 Å². The molecule has 1 saturated heterocycles. The lowest BCUT2D eigenvalue weighted by molar-refractivity contribution is 0.0162. The summed E-state index contributed by atoms with van der Waals surface area (Å²) >= 11 is 0. The number of amides is 1. The van der Waals surface area contributed by atoms with Gasteiger partial charge in [0.1, 0.15) is 0 Å². The lowest BCUT2D eigenvalue weighted by atomic mass is 10.0. The first-order valence-electron chi connectivity index (χ1n) is 11.4. The average Bonchev–Trinajstić information content (AvgIpc) is 2.91. The molecule has 1 aliphatic heterocycles. The van der Waals surface area contributed by atoms with Gasteiger partial charge in [0.2, 0.25) is 0 Å². The van der Waals surface area contributed by atoms with E-state index in [4.69, 9.17) is 4.74 Å². The zero-order valence-corrected chi connectivity index (χ0v) is 18.8. The van der Waals surface area contributed by atoms with Crippen molar-refractivity contribution in [2.24, 2.45) is 0 Å². The van der Waals surface area contributed by atoms with Crippen LogP contribution in [0.15, 0.2) is 89.7 Å². The second-order valence-electron chi connectivity index (χ2n) is 8.23. The van der Waals surface area contributed by atoms with Crippen LogP contribution < -0.4 is 10.9 Å². The number of rotatable bonds is 6. The van der Waals surface area contributed by atoms with Gasteiger partial charge in [0.15, 0.2) is 5.69 Å². The van der Waals surface area contributed by atoms with Crippen molar-refractivity contribution in [3.05, 3.63) is 107 Å². The fraction of sp³-hybridized carbons (Fsp3) is 0.222. The van der Waals surface area contributed by atoms with Crippen molar-refractivity contribution in [2.45, 2.75) is 6.04 Å². The number of morpholine rings is 1. The van der Waals surface area contributed by atoms with Crippen LogP contribution in [0.5, 0.6) is 0 Å². The van der Waals surface area contributed by atoms with E-state index in [1.54, 1.807) is 30.3 Å². The summed E-state index contributed by atoms with van der Waals surface area (Å²) in [7, 11) is 0. The quantitative estimate of drug-likeness (QED) is 0.484. The molecule has 1 amide bonds. The Kier molecular flexibility index (Phi) is 6.46. The molecule has 34 heavy (non-hydrogen) atoms. The fourth-order valence-electron chi connectivity index (χ4n) is 4.40. The summed E-state index contributed by atoms with van der Waals surface area (Å²) in [5.74, 6) is -0.310. The predicted molar refractivity (Wildman–Crippen MR) is 131 cm³/mol. The number of aromatic nitrogens is 2. The number of carbonyl (C=O) groups is 1. The van der Waals surface area contributed by atoms with Crippen LogP contribution in [0, 0.1) is 0 Å². The van der Waals surface area contributed by atoms with Crippen molar-refractivity contribution in [3.63, 3.8) is 0 Å². The Morgan fingerprint density at radius 2 is 1.50 bits per heavy atom. The molecular formula is C27H26N4O3. The van der Waals surface area contributed by atoms with Crippen molar-refractivity contribution < 1.29 is 9.53 Å².